The van der Waals surface area contributed by atoms with Crippen LogP contribution in [0.25, 0.3) is 0 Å². The van der Waals surface area contributed by atoms with Crippen LogP contribution in [0.1, 0.15) is 24.5 Å². The van der Waals surface area contributed by atoms with E-state index in [-0.39, 0.29) is 11.9 Å². The normalized spacial score (nSPS) is 22.4. The predicted molar refractivity (Wildman–Crippen MR) is 78.1 cm³/mol. The van der Waals surface area contributed by atoms with Crippen LogP contribution >= 0.6 is 11.6 Å². The maximum Gasteiger partial charge on any atom is 0.239 e. The van der Waals surface area contributed by atoms with Crippen molar-refractivity contribution in [1.29, 1.82) is 0 Å². The Morgan fingerprint density at radius 3 is 3.20 bits per heavy atom. The summed E-state index contributed by atoms with van der Waals surface area (Å²) in [6.07, 6.45) is 1.87. The zero-order chi connectivity index (χ0) is 14.1. The maximum atomic E-state index is 12.3. The molecule has 1 saturated heterocycles. The van der Waals surface area contributed by atoms with E-state index < -0.39 is 0 Å². The summed E-state index contributed by atoms with van der Waals surface area (Å²) < 4.78 is 5.71. The Labute approximate surface area is 124 Å². The minimum Gasteiger partial charge on any atom is -0.493 e. The second-order valence-electron chi connectivity index (χ2n) is 5.44. The quantitative estimate of drug-likeness (QED) is 0.907. The number of hydrogen-bond acceptors (Lipinski definition) is 3. The second-order valence-corrected chi connectivity index (χ2v) is 5.88. The fraction of sp³-hybridized carbons (Fsp3) is 0.533. The fourth-order valence-electron chi connectivity index (χ4n) is 2.89. The number of benzene rings is 1. The first-order valence-corrected chi connectivity index (χ1v) is 7.49. The monoisotopic (exact) mass is 294 g/mol. The van der Waals surface area contributed by atoms with Crippen molar-refractivity contribution in [3.05, 3.63) is 28.3 Å². The molecule has 0 radical (unpaired) electrons. The topological polar surface area (TPSA) is 41.6 Å². The Morgan fingerprint density at radius 1 is 1.50 bits per heavy atom. The summed E-state index contributed by atoms with van der Waals surface area (Å²) in [6.45, 7) is 4.85. The number of nitrogens with zero attached hydrogens (tertiary/aromatic N) is 1. The van der Waals surface area contributed by atoms with Gasteiger partial charge >= 0.3 is 0 Å². The highest BCUT2D eigenvalue weighted by Gasteiger charge is 2.25. The summed E-state index contributed by atoms with van der Waals surface area (Å²) in [5.74, 6) is 1.07. The first-order valence-electron chi connectivity index (χ1n) is 7.11. The maximum absolute atomic E-state index is 12.3. The molecule has 108 valence electrons. The molecule has 5 heteroatoms. The number of carbonyl (C=O) groups excluding carboxylic acids is 1. The van der Waals surface area contributed by atoms with Gasteiger partial charge in [-0.05, 0) is 37.6 Å². The lowest BCUT2D eigenvalue weighted by atomic mass is 10.1. The third-order valence-corrected chi connectivity index (χ3v) is 4.14. The summed E-state index contributed by atoms with van der Waals surface area (Å²) in [6, 6.07) is 3.76. The molecule has 0 spiro atoms. The molecule has 1 amide bonds. The molecule has 0 aromatic heterocycles. The zero-order valence-corrected chi connectivity index (χ0v) is 12.4. The Hall–Kier alpha value is -1.26. The standard InChI is InChI=1S/C15H19ClN2O2/c1-10-15(19)18(5-2-4-17-10)9-12-8-13(16)7-11-3-6-20-14(11)12/h7-8,10,17H,2-6,9H2,1H3. The number of hydrogen-bond donors (Lipinski definition) is 1. The first kappa shape index (κ1) is 13.7. The van der Waals surface area contributed by atoms with Crippen molar-refractivity contribution in [2.75, 3.05) is 19.7 Å². The molecule has 1 unspecified atom stereocenters. The van der Waals surface area contributed by atoms with E-state index in [4.69, 9.17) is 16.3 Å². The van der Waals surface area contributed by atoms with Crippen LogP contribution in [0.5, 0.6) is 5.75 Å². The molecule has 20 heavy (non-hydrogen) atoms. The third-order valence-electron chi connectivity index (χ3n) is 3.92. The summed E-state index contributed by atoms with van der Waals surface area (Å²) in [4.78, 5) is 14.2. The average Bonchev–Trinajstić information content (AvgIpc) is 2.83. The van der Waals surface area contributed by atoms with Gasteiger partial charge in [0.1, 0.15) is 5.75 Å². The van der Waals surface area contributed by atoms with Crippen molar-refractivity contribution in [2.24, 2.45) is 0 Å². The average molecular weight is 295 g/mol. The van der Waals surface area contributed by atoms with E-state index in [0.29, 0.717) is 13.2 Å². The van der Waals surface area contributed by atoms with Crippen LogP contribution in [-0.4, -0.2) is 36.5 Å². The van der Waals surface area contributed by atoms with Crippen LogP contribution in [0.15, 0.2) is 12.1 Å². The smallest absolute Gasteiger partial charge is 0.239 e. The molecule has 0 bridgehead atoms. The highest BCUT2D eigenvalue weighted by atomic mass is 35.5. The van der Waals surface area contributed by atoms with Crippen LogP contribution in [0, 0.1) is 0 Å². The Balaban J connectivity index is 1.85. The van der Waals surface area contributed by atoms with E-state index in [1.165, 1.54) is 0 Å². The molecule has 0 aliphatic carbocycles. The molecule has 1 aromatic rings. The fourth-order valence-corrected chi connectivity index (χ4v) is 3.15. The second kappa shape index (κ2) is 5.62. The van der Waals surface area contributed by atoms with E-state index in [1.807, 2.05) is 24.0 Å². The minimum atomic E-state index is -0.120. The number of ether oxygens (including phenoxy) is 1. The van der Waals surface area contributed by atoms with Crippen molar-refractivity contribution in [3.63, 3.8) is 0 Å². The van der Waals surface area contributed by atoms with Crippen LogP contribution in [0.2, 0.25) is 5.02 Å². The van der Waals surface area contributed by atoms with Crippen molar-refractivity contribution in [3.8, 4) is 5.75 Å². The van der Waals surface area contributed by atoms with Crippen molar-refractivity contribution < 1.29 is 9.53 Å². The molecule has 0 saturated carbocycles. The van der Waals surface area contributed by atoms with Crippen LogP contribution in [0.3, 0.4) is 0 Å². The van der Waals surface area contributed by atoms with Gasteiger partial charge in [0, 0.05) is 30.1 Å². The van der Waals surface area contributed by atoms with E-state index in [0.717, 1.165) is 47.8 Å². The van der Waals surface area contributed by atoms with Gasteiger partial charge in [0.15, 0.2) is 0 Å². The van der Waals surface area contributed by atoms with E-state index >= 15 is 0 Å². The number of fused-ring (bicyclic) bond motifs is 1. The van der Waals surface area contributed by atoms with Crippen molar-refractivity contribution in [2.45, 2.75) is 32.4 Å². The Morgan fingerprint density at radius 2 is 2.35 bits per heavy atom. The summed E-state index contributed by atoms with van der Waals surface area (Å²) in [5, 5.41) is 3.95. The van der Waals surface area contributed by atoms with Crippen molar-refractivity contribution >= 4 is 17.5 Å². The van der Waals surface area contributed by atoms with Gasteiger partial charge in [0.2, 0.25) is 5.91 Å². The van der Waals surface area contributed by atoms with Gasteiger partial charge in [-0.25, -0.2) is 0 Å². The van der Waals surface area contributed by atoms with Crippen LogP contribution in [0.4, 0.5) is 0 Å². The summed E-state index contributed by atoms with van der Waals surface area (Å²) in [5.41, 5.74) is 2.17. The van der Waals surface area contributed by atoms with Crippen LogP contribution < -0.4 is 10.1 Å². The first-order chi connectivity index (χ1) is 9.65. The summed E-state index contributed by atoms with van der Waals surface area (Å²) >= 11 is 6.17. The largest absolute Gasteiger partial charge is 0.493 e. The lowest BCUT2D eigenvalue weighted by molar-refractivity contribution is -0.132. The Bertz CT molecular complexity index is 533. The summed E-state index contributed by atoms with van der Waals surface area (Å²) in [7, 11) is 0. The lowest BCUT2D eigenvalue weighted by Gasteiger charge is -2.23. The van der Waals surface area contributed by atoms with Gasteiger partial charge in [-0.3, -0.25) is 4.79 Å². The van der Waals surface area contributed by atoms with E-state index in [9.17, 15) is 4.79 Å². The number of carbonyl (C=O) groups is 1. The minimum absolute atomic E-state index is 0.120. The number of halogens is 1. The molecule has 1 fully saturated rings. The molecule has 2 heterocycles. The van der Waals surface area contributed by atoms with Gasteiger partial charge < -0.3 is 15.0 Å². The predicted octanol–water partition coefficient (Wildman–Crippen LogP) is 1.99. The van der Waals surface area contributed by atoms with Gasteiger partial charge in [0.05, 0.1) is 12.6 Å². The molecule has 1 N–H and O–H groups in total. The van der Waals surface area contributed by atoms with Gasteiger partial charge in [-0.1, -0.05) is 11.6 Å². The highest BCUT2D eigenvalue weighted by Crippen LogP contribution is 2.33. The van der Waals surface area contributed by atoms with E-state index in [2.05, 4.69) is 5.32 Å². The molecule has 4 nitrogen and oxygen atoms in total. The van der Waals surface area contributed by atoms with E-state index in [1.54, 1.807) is 0 Å². The third kappa shape index (κ3) is 2.63. The number of amides is 1. The van der Waals surface area contributed by atoms with Gasteiger partial charge in [-0.2, -0.15) is 0 Å². The van der Waals surface area contributed by atoms with Crippen molar-refractivity contribution in [1.82, 2.24) is 10.2 Å². The lowest BCUT2D eigenvalue weighted by Crippen LogP contribution is -2.41. The molecule has 2 aliphatic rings. The molecule has 2 aliphatic heterocycles. The number of nitrogens with one attached hydrogen (secondary N) is 1. The number of rotatable bonds is 2. The molecule has 1 atom stereocenters. The molecular weight excluding hydrogens is 276 g/mol. The zero-order valence-electron chi connectivity index (χ0n) is 11.6. The van der Waals surface area contributed by atoms with Crippen LogP contribution in [-0.2, 0) is 17.8 Å². The van der Waals surface area contributed by atoms with Gasteiger partial charge in [0.25, 0.3) is 0 Å². The highest BCUT2D eigenvalue weighted by molar-refractivity contribution is 6.30. The molecule has 1 aromatic carbocycles. The molecule has 3 rings (SSSR count). The SMILES string of the molecule is CC1NCCCN(Cc2cc(Cl)cc3c2OCC3)C1=O. The molecular formula is C15H19ClN2O2. The Kier molecular flexibility index (Phi) is 3.85. The van der Waals surface area contributed by atoms with Gasteiger partial charge in [-0.15, -0.1) is 0 Å².